The summed E-state index contributed by atoms with van der Waals surface area (Å²) in [6.45, 7) is 10.4. The molecular formula is C19H31N3O. The van der Waals surface area contributed by atoms with Crippen molar-refractivity contribution in [3.8, 4) is 0 Å². The van der Waals surface area contributed by atoms with E-state index in [9.17, 15) is 4.79 Å². The van der Waals surface area contributed by atoms with Gasteiger partial charge in [-0.15, -0.1) is 0 Å². The van der Waals surface area contributed by atoms with Gasteiger partial charge in [-0.25, -0.2) is 0 Å². The Morgan fingerprint density at radius 1 is 1.30 bits per heavy atom. The van der Waals surface area contributed by atoms with Crippen molar-refractivity contribution in [1.29, 1.82) is 0 Å². The molecule has 1 heterocycles. The lowest BCUT2D eigenvalue weighted by Crippen LogP contribution is -2.45. The molecule has 0 aliphatic carbocycles. The summed E-state index contributed by atoms with van der Waals surface area (Å²) in [5.74, 6) is -0.130. The molecule has 23 heavy (non-hydrogen) atoms. The molecule has 2 rings (SSSR count). The minimum atomic E-state index is -0.517. The fraction of sp³-hybridized carbons (Fsp3) is 0.632. The van der Waals surface area contributed by atoms with Crippen molar-refractivity contribution in [1.82, 2.24) is 4.90 Å². The highest BCUT2D eigenvalue weighted by atomic mass is 16.2. The molecule has 4 nitrogen and oxygen atoms in total. The third-order valence-electron chi connectivity index (χ3n) is 4.76. The number of hydrogen-bond donors (Lipinski definition) is 2. The highest BCUT2D eigenvalue weighted by Gasteiger charge is 2.27. The van der Waals surface area contributed by atoms with Crippen molar-refractivity contribution in [2.75, 3.05) is 11.9 Å². The number of carbonyl (C=O) groups excluding carboxylic acids is 1. The van der Waals surface area contributed by atoms with Crippen LogP contribution in [0.5, 0.6) is 0 Å². The molecule has 0 bridgehead atoms. The molecule has 0 radical (unpaired) electrons. The summed E-state index contributed by atoms with van der Waals surface area (Å²) in [7, 11) is 0. The number of benzene rings is 1. The minimum Gasteiger partial charge on any atom is -0.325 e. The summed E-state index contributed by atoms with van der Waals surface area (Å²) in [6.07, 6.45) is 3.93. The second kappa shape index (κ2) is 7.45. The number of rotatable bonds is 4. The summed E-state index contributed by atoms with van der Waals surface area (Å²) in [6, 6.07) is 8.28. The molecule has 1 unspecified atom stereocenters. The third kappa shape index (κ3) is 5.05. The zero-order valence-corrected chi connectivity index (χ0v) is 14.9. The fourth-order valence-corrected chi connectivity index (χ4v) is 2.93. The predicted octanol–water partition coefficient (Wildman–Crippen LogP) is 3.37. The average Bonchev–Trinajstić information content (AvgIpc) is 2.49. The van der Waals surface area contributed by atoms with Crippen molar-refractivity contribution in [2.24, 2.45) is 11.1 Å². The Labute approximate surface area is 140 Å². The van der Waals surface area contributed by atoms with E-state index in [1.807, 2.05) is 32.9 Å². The zero-order chi connectivity index (χ0) is 17.0. The largest absolute Gasteiger partial charge is 0.325 e. The lowest BCUT2D eigenvalue weighted by molar-refractivity contribution is -0.119. The van der Waals surface area contributed by atoms with Gasteiger partial charge in [0.15, 0.2) is 0 Å². The Bertz CT molecular complexity index is 518. The molecule has 0 aromatic heterocycles. The van der Waals surface area contributed by atoms with E-state index < -0.39 is 6.04 Å². The maximum Gasteiger partial charge on any atom is 0.241 e. The van der Waals surface area contributed by atoms with Gasteiger partial charge in [0.1, 0.15) is 0 Å². The van der Waals surface area contributed by atoms with E-state index in [2.05, 4.69) is 29.3 Å². The first-order valence-corrected chi connectivity index (χ1v) is 8.67. The van der Waals surface area contributed by atoms with Crippen molar-refractivity contribution >= 4 is 11.6 Å². The normalized spacial score (nSPS) is 21.0. The van der Waals surface area contributed by atoms with Crippen molar-refractivity contribution in [2.45, 2.75) is 65.6 Å². The number of nitrogens with one attached hydrogen (secondary N) is 1. The van der Waals surface area contributed by atoms with Gasteiger partial charge in [-0.1, -0.05) is 39.3 Å². The van der Waals surface area contributed by atoms with Crippen molar-refractivity contribution in [3.05, 3.63) is 29.8 Å². The van der Waals surface area contributed by atoms with Gasteiger partial charge >= 0.3 is 0 Å². The van der Waals surface area contributed by atoms with Gasteiger partial charge in [-0.3, -0.25) is 9.69 Å². The molecule has 3 N–H and O–H groups in total. The summed E-state index contributed by atoms with van der Waals surface area (Å²) in [5, 5.41) is 2.91. The summed E-state index contributed by atoms with van der Waals surface area (Å²) >= 11 is 0. The number of likely N-dealkylation sites (tertiary alicyclic amines) is 1. The standard InChI is InChI=1S/C19H31N3O/c1-14-7-5-6-12-22(14)13-15-8-10-16(11-9-15)21-18(23)17(20)19(2,3)4/h8-11,14,17H,5-7,12-13,20H2,1-4H3,(H,21,23)/t14?,17-/m1/s1. The molecule has 128 valence electrons. The first-order chi connectivity index (χ1) is 10.8. The highest BCUT2D eigenvalue weighted by Crippen LogP contribution is 2.21. The van der Waals surface area contributed by atoms with Crippen molar-refractivity contribution in [3.63, 3.8) is 0 Å². The second-order valence-corrected chi connectivity index (χ2v) is 7.85. The molecule has 1 fully saturated rings. The Hall–Kier alpha value is -1.39. The van der Waals surface area contributed by atoms with Gasteiger partial charge in [0.25, 0.3) is 0 Å². The van der Waals surface area contributed by atoms with Crippen LogP contribution in [0.4, 0.5) is 5.69 Å². The van der Waals surface area contributed by atoms with E-state index in [-0.39, 0.29) is 11.3 Å². The SMILES string of the molecule is CC1CCCCN1Cc1ccc(NC(=O)[C@@H](N)C(C)(C)C)cc1. The van der Waals surface area contributed by atoms with Crippen LogP contribution in [0, 0.1) is 5.41 Å². The number of anilines is 1. The van der Waals surface area contributed by atoms with Crippen LogP contribution >= 0.6 is 0 Å². The van der Waals surface area contributed by atoms with E-state index in [1.54, 1.807) is 0 Å². The summed E-state index contributed by atoms with van der Waals surface area (Å²) < 4.78 is 0. The van der Waals surface area contributed by atoms with Gasteiger partial charge in [0, 0.05) is 18.3 Å². The Morgan fingerprint density at radius 2 is 1.96 bits per heavy atom. The van der Waals surface area contributed by atoms with Gasteiger partial charge in [-0.05, 0) is 49.4 Å². The molecule has 1 aliphatic heterocycles. The third-order valence-corrected chi connectivity index (χ3v) is 4.76. The maximum absolute atomic E-state index is 12.2. The fourth-order valence-electron chi connectivity index (χ4n) is 2.93. The quantitative estimate of drug-likeness (QED) is 0.895. The van der Waals surface area contributed by atoms with Crippen molar-refractivity contribution < 1.29 is 4.79 Å². The second-order valence-electron chi connectivity index (χ2n) is 7.85. The Balaban J connectivity index is 1.93. The smallest absolute Gasteiger partial charge is 0.241 e. The zero-order valence-electron chi connectivity index (χ0n) is 14.9. The van der Waals surface area contributed by atoms with E-state index in [0.717, 1.165) is 12.2 Å². The summed E-state index contributed by atoms with van der Waals surface area (Å²) in [5.41, 5.74) is 7.85. The van der Waals surface area contributed by atoms with Gasteiger partial charge in [0.2, 0.25) is 5.91 Å². The number of nitrogens with zero attached hydrogens (tertiary/aromatic N) is 1. The lowest BCUT2D eigenvalue weighted by atomic mass is 9.87. The molecule has 0 spiro atoms. The predicted molar refractivity (Wildman–Crippen MR) is 96.2 cm³/mol. The van der Waals surface area contributed by atoms with E-state index in [4.69, 9.17) is 5.73 Å². The van der Waals surface area contributed by atoms with Gasteiger partial charge < -0.3 is 11.1 Å². The Morgan fingerprint density at radius 3 is 2.52 bits per heavy atom. The average molecular weight is 317 g/mol. The van der Waals surface area contributed by atoms with Crippen LogP contribution in [0.3, 0.4) is 0 Å². The Kier molecular flexibility index (Phi) is 5.82. The van der Waals surface area contributed by atoms with Gasteiger partial charge in [-0.2, -0.15) is 0 Å². The number of piperidine rings is 1. The molecule has 1 amide bonds. The molecule has 1 aliphatic rings. The topological polar surface area (TPSA) is 58.4 Å². The lowest BCUT2D eigenvalue weighted by Gasteiger charge is -2.33. The molecule has 0 saturated carbocycles. The van der Waals surface area contributed by atoms with E-state index in [1.165, 1.54) is 31.4 Å². The minimum absolute atomic E-state index is 0.130. The van der Waals surface area contributed by atoms with Crippen LogP contribution in [-0.4, -0.2) is 29.4 Å². The number of nitrogens with two attached hydrogens (primary N) is 1. The molecule has 1 aromatic carbocycles. The molecule has 1 aromatic rings. The molecule has 2 atom stereocenters. The molecular weight excluding hydrogens is 286 g/mol. The van der Waals surface area contributed by atoms with Crippen LogP contribution in [0.1, 0.15) is 52.5 Å². The maximum atomic E-state index is 12.2. The van der Waals surface area contributed by atoms with Crippen LogP contribution in [0.2, 0.25) is 0 Å². The molecule has 4 heteroatoms. The summed E-state index contributed by atoms with van der Waals surface area (Å²) in [4.78, 5) is 14.7. The van der Waals surface area contributed by atoms with E-state index in [0.29, 0.717) is 6.04 Å². The van der Waals surface area contributed by atoms with E-state index >= 15 is 0 Å². The van der Waals surface area contributed by atoms with Crippen LogP contribution in [0.15, 0.2) is 24.3 Å². The van der Waals surface area contributed by atoms with Crippen LogP contribution in [0.25, 0.3) is 0 Å². The number of carbonyl (C=O) groups is 1. The van der Waals surface area contributed by atoms with Crippen LogP contribution < -0.4 is 11.1 Å². The number of amides is 1. The first kappa shape index (κ1) is 18.0. The highest BCUT2D eigenvalue weighted by molar-refractivity contribution is 5.95. The van der Waals surface area contributed by atoms with Gasteiger partial charge in [0.05, 0.1) is 6.04 Å². The van der Waals surface area contributed by atoms with Crippen LogP contribution in [-0.2, 0) is 11.3 Å². The first-order valence-electron chi connectivity index (χ1n) is 8.67. The monoisotopic (exact) mass is 317 g/mol. The number of hydrogen-bond acceptors (Lipinski definition) is 3. The molecule has 1 saturated heterocycles.